The van der Waals surface area contributed by atoms with E-state index in [0.717, 1.165) is 28.7 Å². The molecule has 4 aliphatic rings. The highest BCUT2D eigenvalue weighted by molar-refractivity contribution is 6.04. The Morgan fingerprint density at radius 1 is 1.20 bits per heavy atom. The Kier molecular flexibility index (Phi) is 7.93. The average Bonchev–Trinajstić information content (AvgIpc) is 3.90. The van der Waals surface area contributed by atoms with Crippen molar-refractivity contribution in [1.82, 2.24) is 15.1 Å². The average molecular weight is 623 g/mol. The molecule has 0 radical (unpaired) electrons. The van der Waals surface area contributed by atoms with E-state index < -0.39 is 78.2 Å². The van der Waals surface area contributed by atoms with Crippen LogP contribution < -0.4 is 21.1 Å². The number of hydrogen-bond acceptors (Lipinski definition) is 7. The monoisotopic (exact) mass is 622 g/mol. The van der Waals surface area contributed by atoms with Crippen LogP contribution in [0.25, 0.3) is 0 Å². The number of rotatable bonds is 9. The molecular weight excluding hydrogens is 592 g/mol. The number of nitriles is 1. The second-order valence-electron chi connectivity index (χ2n) is 11.9. The van der Waals surface area contributed by atoms with Gasteiger partial charge in [0.25, 0.3) is 5.91 Å². The summed E-state index contributed by atoms with van der Waals surface area (Å²) in [6.07, 6.45) is -2.73. The molecule has 12 nitrogen and oxygen atoms in total. The SMILES string of the molecule is CN(C(=O)[C@H](CC1CC1)NC(=O)C(F)(F)F)C(CC1CC1)C(=O)N1C[C@@]2(C[C@H]1C(N)=O)Oc1cc(C#N)cc(F)c1NC2=O. The molecule has 5 amide bonds. The minimum absolute atomic E-state index is 0.0166. The van der Waals surface area contributed by atoms with Crippen LogP contribution in [0.5, 0.6) is 5.75 Å². The summed E-state index contributed by atoms with van der Waals surface area (Å²) in [7, 11) is 1.24. The molecule has 1 aromatic rings. The van der Waals surface area contributed by atoms with Crippen LogP contribution in [-0.4, -0.2) is 82.8 Å². The van der Waals surface area contributed by atoms with Gasteiger partial charge >= 0.3 is 12.1 Å². The lowest BCUT2D eigenvalue weighted by atomic mass is 9.96. The molecule has 3 fully saturated rings. The molecule has 4 atom stereocenters. The van der Waals surface area contributed by atoms with E-state index in [9.17, 15) is 46.8 Å². The molecule has 0 bridgehead atoms. The van der Waals surface area contributed by atoms with Crippen LogP contribution >= 0.6 is 0 Å². The van der Waals surface area contributed by atoms with Gasteiger partial charge in [0, 0.05) is 19.5 Å². The van der Waals surface area contributed by atoms with Crippen LogP contribution in [0.3, 0.4) is 0 Å². The lowest BCUT2D eigenvalue weighted by Crippen LogP contribution is -2.58. The van der Waals surface area contributed by atoms with Crippen molar-refractivity contribution in [2.45, 2.75) is 74.8 Å². The first-order valence-corrected chi connectivity index (χ1v) is 14.1. The Hall–Kier alpha value is -4.42. The van der Waals surface area contributed by atoms with Crippen LogP contribution in [-0.2, 0) is 24.0 Å². The fraction of sp³-hybridized carbons (Fsp3) is 0.571. The zero-order valence-electron chi connectivity index (χ0n) is 23.6. The van der Waals surface area contributed by atoms with Gasteiger partial charge in [0.2, 0.25) is 23.3 Å². The van der Waals surface area contributed by atoms with E-state index >= 15 is 0 Å². The fourth-order valence-electron chi connectivity index (χ4n) is 5.76. The zero-order chi connectivity index (χ0) is 32.1. The molecule has 1 saturated heterocycles. The third-order valence-corrected chi connectivity index (χ3v) is 8.56. The largest absolute Gasteiger partial charge is 0.473 e. The summed E-state index contributed by atoms with van der Waals surface area (Å²) in [6.45, 7) is -0.525. The molecule has 4 N–H and O–H groups in total. The molecule has 236 valence electrons. The van der Waals surface area contributed by atoms with Gasteiger partial charge in [-0.25, -0.2) is 4.39 Å². The van der Waals surface area contributed by atoms with Gasteiger partial charge in [-0.3, -0.25) is 24.0 Å². The number of benzene rings is 1. The Morgan fingerprint density at radius 2 is 1.84 bits per heavy atom. The quantitative estimate of drug-likeness (QED) is 0.348. The third kappa shape index (κ3) is 6.13. The number of likely N-dealkylation sites (tertiary alicyclic amines) is 1. The molecule has 2 aliphatic carbocycles. The minimum Gasteiger partial charge on any atom is -0.473 e. The maximum absolute atomic E-state index is 14.6. The summed E-state index contributed by atoms with van der Waals surface area (Å²) < 4.78 is 59.6. The van der Waals surface area contributed by atoms with Crippen molar-refractivity contribution in [2.75, 3.05) is 18.9 Å². The third-order valence-electron chi connectivity index (χ3n) is 8.56. The standard InChI is InChI=1S/C28H30F4N6O6/c1-37(23(40)17(7-13-2-3-13)35-26(43)28(30,31)32)18(8-14-4-5-14)24(41)38-12-27(10-19(38)22(34)39)25(42)36-21-16(29)6-15(11-33)9-20(21)44-27/h6,9,13-14,17-19H,2-5,7-8,10,12H2,1H3,(H2,34,39)(H,35,43)(H,36,42)/t17-,18?,19-,27+/m0/s1. The predicted molar refractivity (Wildman–Crippen MR) is 142 cm³/mol. The normalized spacial score (nSPS) is 24.0. The van der Waals surface area contributed by atoms with Gasteiger partial charge in [-0.05, 0) is 30.7 Å². The van der Waals surface area contributed by atoms with E-state index in [1.165, 1.54) is 13.1 Å². The van der Waals surface area contributed by atoms with Gasteiger partial charge in [0.05, 0.1) is 18.2 Å². The summed E-state index contributed by atoms with van der Waals surface area (Å²) in [5, 5.41) is 13.4. The predicted octanol–water partition coefficient (Wildman–Crippen LogP) is 1.33. The van der Waals surface area contributed by atoms with Gasteiger partial charge in [0.1, 0.15) is 29.6 Å². The first kappa shape index (κ1) is 31.0. The molecule has 1 spiro atoms. The van der Waals surface area contributed by atoms with Gasteiger partial charge < -0.3 is 30.9 Å². The van der Waals surface area contributed by atoms with E-state index in [2.05, 4.69) is 5.32 Å². The number of hydrogen-bond donors (Lipinski definition) is 3. The van der Waals surface area contributed by atoms with Crippen molar-refractivity contribution in [3.8, 4) is 11.8 Å². The summed E-state index contributed by atoms with van der Waals surface area (Å²) in [5.74, 6) is -6.98. The van der Waals surface area contributed by atoms with Crippen molar-refractivity contribution in [2.24, 2.45) is 17.6 Å². The number of halogens is 4. The van der Waals surface area contributed by atoms with Gasteiger partial charge in [0.15, 0.2) is 5.82 Å². The Labute approximate surface area is 248 Å². The van der Waals surface area contributed by atoms with Crippen molar-refractivity contribution in [3.05, 3.63) is 23.5 Å². The lowest BCUT2D eigenvalue weighted by molar-refractivity contribution is -0.175. The Balaban J connectivity index is 1.42. The highest BCUT2D eigenvalue weighted by atomic mass is 19.4. The van der Waals surface area contributed by atoms with Gasteiger partial charge in [-0.15, -0.1) is 0 Å². The molecular formula is C28H30F4N6O6. The Morgan fingerprint density at radius 3 is 2.41 bits per heavy atom. The highest BCUT2D eigenvalue weighted by Gasteiger charge is 2.58. The highest BCUT2D eigenvalue weighted by Crippen LogP contribution is 2.43. The number of amides is 5. The number of nitrogens with zero attached hydrogens (tertiary/aromatic N) is 3. The topological polar surface area (TPSA) is 175 Å². The maximum atomic E-state index is 14.6. The Bertz CT molecular complexity index is 1450. The second kappa shape index (κ2) is 11.3. The molecule has 2 saturated carbocycles. The number of carbonyl (C=O) groups is 5. The number of carbonyl (C=O) groups excluding carboxylic acids is 5. The summed E-state index contributed by atoms with van der Waals surface area (Å²) in [6, 6.07) is -0.329. The molecule has 2 aliphatic heterocycles. The number of primary amides is 1. The van der Waals surface area contributed by atoms with E-state index in [1.54, 1.807) is 11.4 Å². The number of likely N-dealkylation sites (N-methyl/N-ethyl adjacent to an activating group) is 1. The number of alkyl halides is 3. The van der Waals surface area contributed by atoms with Crippen LogP contribution in [0.1, 0.15) is 50.5 Å². The molecule has 1 aromatic carbocycles. The molecule has 0 aromatic heterocycles. The number of nitrogens with one attached hydrogen (secondary N) is 2. The van der Waals surface area contributed by atoms with Crippen LogP contribution in [0.4, 0.5) is 23.2 Å². The van der Waals surface area contributed by atoms with Gasteiger partial charge in [-0.2, -0.15) is 18.4 Å². The van der Waals surface area contributed by atoms with E-state index in [4.69, 9.17) is 10.5 Å². The zero-order valence-corrected chi connectivity index (χ0v) is 23.6. The molecule has 5 rings (SSSR count). The van der Waals surface area contributed by atoms with E-state index in [1.807, 2.05) is 0 Å². The maximum Gasteiger partial charge on any atom is 0.471 e. The lowest BCUT2D eigenvalue weighted by Gasteiger charge is -2.36. The molecule has 16 heteroatoms. The van der Waals surface area contributed by atoms with Crippen LogP contribution in [0.15, 0.2) is 12.1 Å². The van der Waals surface area contributed by atoms with E-state index in [-0.39, 0.29) is 41.7 Å². The first-order valence-electron chi connectivity index (χ1n) is 14.1. The van der Waals surface area contributed by atoms with Crippen LogP contribution in [0.2, 0.25) is 0 Å². The van der Waals surface area contributed by atoms with Crippen molar-refractivity contribution in [3.63, 3.8) is 0 Å². The molecule has 1 unspecified atom stereocenters. The molecule has 44 heavy (non-hydrogen) atoms. The minimum atomic E-state index is -5.22. The van der Waals surface area contributed by atoms with Crippen molar-refractivity contribution in [1.29, 1.82) is 5.26 Å². The summed E-state index contributed by atoms with van der Waals surface area (Å²) >= 11 is 0. The van der Waals surface area contributed by atoms with Crippen molar-refractivity contribution < 1.29 is 46.3 Å². The van der Waals surface area contributed by atoms with Crippen molar-refractivity contribution >= 4 is 35.2 Å². The number of ether oxygens (including phenoxy) is 1. The van der Waals surface area contributed by atoms with Crippen LogP contribution in [0, 0.1) is 29.0 Å². The van der Waals surface area contributed by atoms with Gasteiger partial charge in [-0.1, -0.05) is 25.7 Å². The molecule has 2 heterocycles. The number of fused-ring (bicyclic) bond motifs is 1. The first-order chi connectivity index (χ1) is 20.6. The second-order valence-corrected chi connectivity index (χ2v) is 11.9. The smallest absolute Gasteiger partial charge is 0.471 e. The number of anilines is 1. The van der Waals surface area contributed by atoms with E-state index in [0.29, 0.717) is 12.8 Å². The number of nitrogens with two attached hydrogens (primary N) is 1. The summed E-state index contributed by atoms with van der Waals surface area (Å²) in [4.78, 5) is 67.2. The summed E-state index contributed by atoms with van der Waals surface area (Å²) in [5.41, 5.74) is 3.30. The fourth-order valence-corrected chi connectivity index (χ4v) is 5.76.